The van der Waals surface area contributed by atoms with Crippen molar-refractivity contribution < 1.29 is 8.42 Å². The second kappa shape index (κ2) is 6.58. The molecule has 7 heteroatoms. The Balaban J connectivity index is 2.18. The van der Waals surface area contributed by atoms with E-state index in [1.165, 1.54) is 0 Å². The minimum atomic E-state index is -3.50. The van der Waals surface area contributed by atoms with Gasteiger partial charge in [-0.15, -0.1) is 0 Å². The lowest BCUT2D eigenvalue weighted by Crippen LogP contribution is -2.37. The van der Waals surface area contributed by atoms with Gasteiger partial charge in [-0.2, -0.15) is 11.8 Å². The molecule has 0 atom stereocenters. The van der Waals surface area contributed by atoms with Gasteiger partial charge in [-0.3, -0.25) is 0 Å². The van der Waals surface area contributed by atoms with Gasteiger partial charge >= 0.3 is 0 Å². The van der Waals surface area contributed by atoms with Crippen LogP contribution in [0.25, 0.3) is 0 Å². The number of hydrogen-bond donors (Lipinski definition) is 2. The van der Waals surface area contributed by atoms with Crippen molar-refractivity contribution in [3.05, 3.63) is 18.3 Å². The zero-order chi connectivity index (χ0) is 13.7. The van der Waals surface area contributed by atoms with E-state index in [-0.39, 0.29) is 10.9 Å². The van der Waals surface area contributed by atoms with Crippen molar-refractivity contribution in [1.29, 1.82) is 0 Å². The Morgan fingerprint density at radius 2 is 2.16 bits per heavy atom. The van der Waals surface area contributed by atoms with Crippen LogP contribution in [-0.2, 0) is 10.0 Å². The molecule has 0 bridgehead atoms. The zero-order valence-electron chi connectivity index (χ0n) is 10.9. The topological polar surface area (TPSA) is 71.1 Å². The van der Waals surface area contributed by atoms with Gasteiger partial charge < -0.3 is 5.32 Å². The molecule has 1 aromatic rings. The maximum absolute atomic E-state index is 12.4. The first kappa shape index (κ1) is 14.6. The fourth-order valence-electron chi connectivity index (χ4n) is 2.01. The molecule has 0 saturated carbocycles. The molecule has 1 aliphatic rings. The molecule has 0 aliphatic carbocycles. The SMILES string of the molecule is CCNc1ncccc1S(=O)(=O)NC1CCSCC1. The molecular weight excluding hydrogens is 282 g/mol. The third-order valence-electron chi connectivity index (χ3n) is 2.95. The number of thioether (sulfide) groups is 1. The molecule has 1 saturated heterocycles. The van der Waals surface area contributed by atoms with Crippen LogP contribution < -0.4 is 10.0 Å². The van der Waals surface area contributed by atoms with E-state index in [1.807, 2.05) is 18.7 Å². The zero-order valence-corrected chi connectivity index (χ0v) is 12.6. The highest BCUT2D eigenvalue weighted by atomic mass is 32.2. The molecule has 0 unspecified atom stereocenters. The molecule has 1 aromatic heterocycles. The Bertz CT molecular complexity index is 513. The van der Waals surface area contributed by atoms with Crippen molar-refractivity contribution in [2.24, 2.45) is 0 Å². The second-order valence-electron chi connectivity index (χ2n) is 4.39. The Morgan fingerprint density at radius 1 is 1.42 bits per heavy atom. The molecule has 2 heterocycles. The summed E-state index contributed by atoms with van der Waals surface area (Å²) >= 11 is 1.87. The number of nitrogens with one attached hydrogen (secondary N) is 2. The predicted molar refractivity (Wildman–Crippen MR) is 79.1 cm³/mol. The summed E-state index contributed by atoms with van der Waals surface area (Å²) in [6, 6.07) is 3.28. The fraction of sp³-hybridized carbons (Fsp3) is 0.583. The maximum Gasteiger partial charge on any atom is 0.244 e. The average molecular weight is 301 g/mol. The molecule has 5 nitrogen and oxygen atoms in total. The molecule has 2 rings (SSSR count). The standard InChI is InChI=1S/C12H19N3O2S2/c1-2-13-12-11(4-3-7-14-12)19(16,17)15-10-5-8-18-9-6-10/h3-4,7,10,15H,2,5-6,8-9H2,1H3,(H,13,14). The summed E-state index contributed by atoms with van der Waals surface area (Å²) in [4.78, 5) is 4.32. The van der Waals surface area contributed by atoms with Gasteiger partial charge in [0.2, 0.25) is 10.0 Å². The summed E-state index contributed by atoms with van der Waals surface area (Å²) < 4.78 is 27.6. The minimum absolute atomic E-state index is 0.0425. The molecule has 1 aliphatic heterocycles. The molecule has 19 heavy (non-hydrogen) atoms. The van der Waals surface area contributed by atoms with Crippen molar-refractivity contribution in [3.63, 3.8) is 0 Å². The van der Waals surface area contributed by atoms with Crippen LogP contribution >= 0.6 is 11.8 Å². The molecule has 106 valence electrons. The van der Waals surface area contributed by atoms with Gasteiger partial charge in [0.05, 0.1) is 0 Å². The number of nitrogens with zero attached hydrogens (tertiary/aromatic N) is 1. The van der Waals surface area contributed by atoms with Crippen molar-refractivity contribution in [1.82, 2.24) is 9.71 Å². The second-order valence-corrected chi connectivity index (χ2v) is 7.30. The van der Waals surface area contributed by atoms with Crippen LogP contribution in [0.1, 0.15) is 19.8 Å². The van der Waals surface area contributed by atoms with E-state index in [2.05, 4.69) is 15.0 Å². The first-order valence-corrected chi connectivity index (χ1v) is 9.06. The highest BCUT2D eigenvalue weighted by molar-refractivity contribution is 7.99. The van der Waals surface area contributed by atoms with Crippen molar-refractivity contribution in [2.75, 3.05) is 23.4 Å². The number of sulfonamides is 1. The third-order valence-corrected chi connectivity index (χ3v) is 5.55. The van der Waals surface area contributed by atoms with Crippen molar-refractivity contribution >= 4 is 27.6 Å². The van der Waals surface area contributed by atoms with E-state index in [0.29, 0.717) is 12.4 Å². The molecule has 0 amide bonds. The Kier molecular flexibility index (Phi) is 5.06. The van der Waals surface area contributed by atoms with Gasteiger partial charge in [-0.25, -0.2) is 18.1 Å². The normalized spacial score (nSPS) is 17.3. The summed E-state index contributed by atoms with van der Waals surface area (Å²) in [5.41, 5.74) is 0. The van der Waals surface area contributed by atoms with E-state index < -0.39 is 10.0 Å². The van der Waals surface area contributed by atoms with Crippen LogP contribution in [-0.4, -0.2) is 37.5 Å². The lowest BCUT2D eigenvalue weighted by Gasteiger charge is -2.22. The molecule has 0 spiro atoms. The van der Waals surface area contributed by atoms with Gasteiger partial charge in [0, 0.05) is 18.8 Å². The smallest absolute Gasteiger partial charge is 0.244 e. The van der Waals surface area contributed by atoms with Crippen molar-refractivity contribution in [3.8, 4) is 0 Å². The molecule has 0 aromatic carbocycles. The van der Waals surface area contributed by atoms with E-state index >= 15 is 0 Å². The van der Waals surface area contributed by atoms with E-state index in [9.17, 15) is 8.42 Å². The number of pyridine rings is 1. The third kappa shape index (κ3) is 3.84. The minimum Gasteiger partial charge on any atom is -0.369 e. The fourth-order valence-corrected chi connectivity index (χ4v) is 4.55. The molecule has 2 N–H and O–H groups in total. The quantitative estimate of drug-likeness (QED) is 0.866. The molecule has 0 radical (unpaired) electrons. The summed E-state index contributed by atoms with van der Waals surface area (Å²) in [6.45, 7) is 2.55. The summed E-state index contributed by atoms with van der Waals surface area (Å²) in [5.74, 6) is 2.45. The Labute approximate surface area is 118 Å². The lowest BCUT2D eigenvalue weighted by atomic mass is 10.2. The highest BCUT2D eigenvalue weighted by Gasteiger charge is 2.24. The summed E-state index contributed by atoms with van der Waals surface area (Å²) in [7, 11) is -3.50. The van der Waals surface area contributed by atoms with Crippen LogP contribution in [0.15, 0.2) is 23.2 Å². The predicted octanol–water partition coefficient (Wildman–Crippen LogP) is 1.69. The number of rotatable bonds is 5. The van der Waals surface area contributed by atoms with Crippen LogP contribution in [0, 0.1) is 0 Å². The Hall–Kier alpha value is -0.790. The molecular formula is C12H19N3O2S2. The molecule has 1 fully saturated rings. The number of hydrogen-bond acceptors (Lipinski definition) is 5. The van der Waals surface area contributed by atoms with E-state index in [0.717, 1.165) is 24.3 Å². The maximum atomic E-state index is 12.4. The largest absolute Gasteiger partial charge is 0.369 e. The van der Waals surface area contributed by atoms with Crippen LogP contribution in [0.4, 0.5) is 5.82 Å². The lowest BCUT2D eigenvalue weighted by molar-refractivity contribution is 0.529. The van der Waals surface area contributed by atoms with Gasteiger partial charge in [0.15, 0.2) is 0 Å². The van der Waals surface area contributed by atoms with Crippen LogP contribution in [0.5, 0.6) is 0 Å². The van der Waals surface area contributed by atoms with Gasteiger partial charge in [-0.05, 0) is 43.4 Å². The highest BCUT2D eigenvalue weighted by Crippen LogP contribution is 2.22. The van der Waals surface area contributed by atoms with E-state index in [4.69, 9.17) is 0 Å². The summed E-state index contributed by atoms with van der Waals surface area (Å²) in [6.07, 6.45) is 3.37. The van der Waals surface area contributed by atoms with Gasteiger partial charge in [-0.1, -0.05) is 0 Å². The van der Waals surface area contributed by atoms with Crippen LogP contribution in [0.3, 0.4) is 0 Å². The Morgan fingerprint density at radius 3 is 2.84 bits per heavy atom. The van der Waals surface area contributed by atoms with Crippen molar-refractivity contribution in [2.45, 2.75) is 30.7 Å². The average Bonchev–Trinajstić information content (AvgIpc) is 2.40. The first-order valence-electron chi connectivity index (χ1n) is 6.42. The number of anilines is 1. The monoisotopic (exact) mass is 301 g/mol. The van der Waals surface area contributed by atoms with Crippen LogP contribution in [0.2, 0.25) is 0 Å². The summed E-state index contributed by atoms with van der Waals surface area (Å²) in [5, 5.41) is 2.99. The first-order chi connectivity index (χ1) is 9.13. The van der Waals surface area contributed by atoms with E-state index in [1.54, 1.807) is 18.3 Å². The van der Waals surface area contributed by atoms with Gasteiger partial charge in [0.1, 0.15) is 10.7 Å². The van der Waals surface area contributed by atoms with Gasteiger partial charge in [0.25, 0.3) is 0 Å². The number of aromatic nitrogens is 1.